The van der Waals surface area contributed by atoms with Crippen molar-refractivity contribution in [3.05, 3.63) is 64.7 Å². The number of nitrogens with zero attached hydrogens (tertiary/aromatic N) is 1. The van der Waals surface area contributed by atoms with Crippen LogP contribution in [0.3, 0.4) is 0 Å². The number of nitrogens with one attached hydrogen (secondary N) is 2. The molecule has 0 amide bonds. The molecule has 0 atom stereocenters. The number of benzene rings is 2. The summed E-state index contributed by atoms with van der Waals surface area (Å²) in [5, 5.41) is 6.31. The molecule has 0 unspecified atom stereocenters. The zero-order chi connectivity index (χ0) is 18.2. The minimum absolute atomic E-state index is 0. The lowest BCUT2D eigenvalue weighted by atomic mass is 10.1. The first-order valence-corrected chi connectivity index (χ1v) is 8.05. The quantitative estimate of drug-likeness (QED) is 0.380. The molecule has 142 valence electrons. The molecule has 0 saturated heterocycles. The van der Waals surface area contributed by atoms with Gasteiger partial charge in [0.25, 0.3) is 0 Å². The van der Waals surface area contributed by atoms with Gasteiger partial charge in [-0.05, 0) is 36.6 Å². The number of guanidine groups is 1. The van der Waals surface area contributed by atoms with Crippen molar-refractivity contribution in [1.82, 2.24) is 10.6 Å². The fraction of sp³-hybridized carbons (Fsp3) is 0.316. The van der Waals surface area contributed by atoms with E-state index in [0.29, 0.717) is 31.0 Å². The van der Waals surface area contributed by atoms with Crippen LogP contribution in [0.15, 0.2) is 41.4 Å². The fourth-order valence-corrected chi connectivity index (χ4v) is 2.44. The van der Waals surface area contributed by atoms with Gasteiger partial charge in [0.1, 0.15) is 17.4 Å². The number of aliphatic imine (C=N–C) groups is 1. The Morgan fingerprint density at radius 1 is 1.08 bits per heavy atom. The molecule has 0 aliphatic carbocycles. The third kappa shape index (κ3) is 6.44. The van der Waals surface area contributed by atoms with Crippen LogP contribution in [-0.4, -0.2) is 26.7 Å². The summed E-state index contributed by atoms with van der Waals surface area (Å²) in [5.74, 6) is 0.314. The number of ether oxygens (including phenoxy) is 1. The molecule has 4 nitrogen and oxygen atoms in total. The molecule has 0 saturated carbocycles. The minimum Gasteiger partial charge on any atom is -0.496 e. The van der Waals surface area contributed by atoms with Gasteiger partial charge in [-0.25, -0.2) is 8.78 Å². The Morgan fingerprint density at radius 2 is 1.81 bits per heavy atom. The first kappa shape index (κ1) is 22.1. The van der Waals surface area contributed by atoms with Crippen LogP contribution in [0.2, 0.25) is 0 Å². The summed E-state index contributed by atoms with van der Waals surface area (Å²) in [7, 11) is 3.31. The lowest BCUT2D eigenvalue weighted by Gasteiger charge is -2.14. The summed E-state index contributed by atoms with van der Waals surface area (Å²) in [6.07, 6.45) is 0.431. The largest absolute Gasteiger partial charge is 0.496 e. The summed E-state index contributed by atoms with van der Waals surface area (Å²) >= 11 is 0. The zero-order valence-electron chi connectivity index (χ0n) is 15.1. The van der Waals surface area contributed by atoms with E-state index in [0.717, 1.165) is 22.9 Å². The number of hydrogen-bond acceptors (Lipinski definition) is 2. The molecule has 0 fully saturated rings. The molecule has 2 N–H and O–H groups in total. The van der Waals surface area contributed by atoms with Crippen molar-refractivity contribution >= 4 is 29.9 Å². The van der Waals surface area contributed by atoms with Crippen LogP contribution in [0.5, 0.6) is 5.75 Å². The monoisotopic (exact) mass is 475 g/mol. The zero-order valence-corrected chi connectivity index (χ0v) is 17.4. The number of rotatable bonds is 6. The highest BCUT2D eigenvalue weighted by molar-refractivity contribution is 14.0. The van der Waals surface area contributed by atoms with Gasteiger partial charge < -0.3 is 15.4 Å². The second-order valence-corrected chi connectivity index (χ2v) is 5.65. The molecule has 26 heavy (non-hydrogen) atoms. The lowest BCUT2D eigenvalue weighted by molar-refractivity contribution is 0.408. The molecule has 2 aromatic carbocycles. The van der Waals surface area contributed by atoms with Gasteiger partial charge in [-0.15, -0.1) is 24.0 Å². The molecule has 0 bridgehead atoms. The number of hydrogen-bond donors (Lipinski definition) is 2. The van der Waals surface area contributed by atoms with Crippen molar-refractivity contribution in [3.8, 4) is 5.75 Å². The highest BCUT2D eigenvalue weighted by atomic mass is 127. The van der Waals surface area contributed by atoms with Crippen molar-refractivity contribution in [3.63, 3.8) is 0 Å². The molecular formula is C19H24F2IN3O. The second-order valence-electron chi connectivity index (χ2n) is 5.65. The summed E-state index contributed by atoms with van der Waals surface area (Å²) in [4.78, 5) is 4.14. The summed E-state index contributed by atoms with van der Waals surface area (Å²) < 4.78 is 31.9. The topological polar surface area (TPSA) is 45.7 Å². The van der Waals surface area contributed by atoms with Gasteiger partial charge in [-0.2, -0.15) is 0 Å². The average Bonchev–Trinajstić information content (AvgIpc) is 2.60. The van der Waals surface area contributed by atoms with E-state index < -0.39 is 11.6 Å². The van der Waals surface area contributed by atoms with Crippen LogP contribution in [0.25, 0.3) is 0 Å². The fourth-order valence-electron chi connectivity index (χ4n) is 2.44. The van der Waals surface area contributed by atoms with Gasteiger partial charge >= 0.3 is 0 Å². The summed E-state index contributed by atoms with van der Waals surface area (Å²) in [5.41, 5.74) is 2.61. The third-order valence-corrected chi connectivity index (χ3v) is 3.81. The Morgan fingerprint density at radius 3 is 2.46 bits per heavy atom. The third-order valence-electron chi connectivity index (χ3n) is 3.81. The van der Waals surface area contributed by atoms with Gasteiger partial charge in [0.15, 0.2) is 5.96 Å². The minimum atomic E-state index is -0.571. The van der Waals surface area contributed by atoms with Gasteiger partial charge in [0.05, 0.1) is 7.11 Å². The van der Waals surface area contributed by atoms with Gasteiger partial charge in [0, 0.05) is 31.8 Å². The predicted octanol–water partition coefficient (Wildman–Crippen LogP) is 3.81. The van der Waals surface area contributed by atoms with Crippen molar-refractivity contribution in [1.29, 1.82) is 0 Å². The van der Waals surface area contributed by atoms with E-state index in [-0.39, 0.29) is 24.0 Å². The molecule has 7 heteroatoms. The Bertz CT molecular complexity index is 754. The van der Waals surface area contributed by atoms with Crippen LogP contribution in [-0.2, 0) is 13.0 Å². The number of halogens is 3. The van der Waals surface area contributed by atoms with Crippen LogP contribution in [0, 0.1) is 18.6 Å². The van der Waals surface area contributed by atoms with Crippen molar-refractivity contribution < 1.29 is 13.5 Å². The number of aryl methyl sites for hydroxylation is 1. The molecule has 0 heterocycles. The Hall–Kier alpha value is -1.90. The van der Waals surface area contributed by atoms with Crippen LogP contribution < -0.4 is 15.4 Å². The molecule has 0 spiro atoms. The molecular weight excluding hydrogens is 451 g/mol. The van der Waals surface area contributed by atoms with Crippen molar-refractivity contribution in [2.75, 3.05) is 20.7 Å². The van der Waals surface area contributed by atoms with Gasteiger partial charge in [-0.3, -0.25) is 4.99 Å². The Balaban J connectivity index is 0.00000338. The average molecular weight is 475 g/mol. The lowest BCUT2D eigenvalue weighted by Crippen LogP contribution is -2.38. The SMILES string of the molecule is CN=C(NCCc1ccc(F)cc1F)NCc1ccc(C)cc1OC.I. The first-order chi connectivity index (χ1) is 12.0. The van der Waals surface area contributed by atoms with E-state index in [4.69, 9.17) is 4.74 Å². The van der Waals surface area contributed by atoms with E-state index in [1.54, 1.807) is 14.2 Å². The van der Waals surface area contributed by atoms with E-state index >= 15 is 0 Å². The standard InChI is InChI=1S/C19H23F2N3O.HI/c1-13-4-5-15(18(10-13)25-3)12-24-19(22-2)23-9-8-14-6-7-16(20)11-17(14)21;/h4-7,10-11H,8-9,12H2,1-3H3,(H2,22,23,24);1H. The maximum atomic E-state index is 13.6. The highest BCUT2D eigenvalue weighted by Gasteiger charge is 2.06. The van der Waals surface area contributed by atoms with Crippen molar-refractivity contribution in [2.45, 2.75) is 19.9 Å². The Labute approximate surface area is 170 Å². The normalized spacial score (nSPS) is 10.9. The molecule has 0 aromatic heterocycles. The smallest absolute Gasteiger partial charge is 0.191 e. The first-order valence-electron chi connectivity index (χ1n) is 8.05. The van der Waals surface area contributed by atoms with E-state index in [9.17, 15) is 8.78 Å². The summed E-state index contributed by atoms with van der Waals surface area (Å²) in [6.45, 7) is 3.04. The van der Waals surface area contributed by atoms with Gasteiger partial charge in [-0.1, -0.05) is 18.2 Å². The Kier molecular flexibility index (Phi) is 9.32. The maximum Gasteiger partial charge on any atom is 0.191 e. The molecule has 0 radical (unpaired) electrons. The van der Waals surface area contributed by atoms with Crippen LogP contribution in [0.1, 0.15) is 16.7 Å². The highest BCUT2D eigenvalue weighted by Crippen LogP contribution is 2.19. The molecule has 2 rings (SSSR count). The molecule has 0 aliphatic rings. The molecule has 0 aliphatic heterocycles. The second kappa shape index (κ2) is 10.9. The van der Waals surface area contributed by atoms with E-state index in [1.165, 1.54) is 12.1 Å². The number of methoxy groups -OCH3 is 1. The van der Waals surface area contributed by atoms with Crippen molar-refractivity contribution in [2.24, 2.45) is 4.99 Å². The predicted molar refractivity (Wildman–Crippen MR) is 111 cm³/mol. The molecule has 2 aromatic rings. The van der Waals surface area contributed by atoms with Crippen LogP contribution >= 0.6 is 24.0 Å². The summed E-state index contributed by atoms with van der Waals surface area (Å²) in [6, 6.07) is 9.61. The van der Waals surface area contributed by atoms with E-state index in [1.807, 2.05) is 25.1 Å². The van der Waals surface area contributed by atoms with Gasteiger partial charge in [0.2, 0.25) is 0 Å². The van der Waals surface area contributed by atoms with E-state index in [2.05, 4.69) is 15.6 Å². The van der Waals surface area contributed by atoms with Crippen LogP contribution in [0.4, 0.5) is 8.78 Å². The maximum absolute atomic E-state index is 13.6.